The Labute approximate surface area is 206 Å². The van der Waals surface area contributed by atoms with Crippen LogP contribution in [-0.4, -0.2) is 32.5 Å². The highest BCUT2D eigenvalue weighted by atomic mass is 35.5. The summed E-state index contributed by atoms with van der Waals surface area (Å²) < 4.78 is 46.0. The highest BCUT2D eigenvalue weighted by Gasteiger charge is 2.23. The van der Waals surface area contributed by atoms with Gasteiger partial charge in [0.15, 0.2) is 5.13 Å². The summed E-state index contributed by atoms with van der Waals surface area (Å²) in [5.74, 6) is -0.587. The van der Waals surface area contributed by atoms with Crippen molar-refractivity contribution in [1.29, 1.82) is 0 Å². The van der Waals surface area contributed by atoms with Gasteiger partial charge in [0.2, 0.25) is 0 Å². The van der Waals surface area contributed by atoms with Crippen LogP contribution in [0.2, 0.25) is 5.02 Å². The molecule has 0 unspecified atom stereocenters. The van der Waals surface area contributed by atoms with E-state index in [-0.39, 0.29) is 28.4 Å². The number of nitrogens with zero attached hydrogens (tertiary/aromatic N) is 2. The fraction of sp³-hybridized carbons (Fsp3) is 0.304. The second kappa shape index (κ2) is 10.7. The summed E-state index contributed by atoms with van der Waals surface area (Å²) in [5.41, 5.74) is 1.57. The number of hydrogen-bond acceptors (Lipinski definition) is 7. The lowest BCUT2D eigenvalue weighted by molar-refractivity contribution is -0.146. The van der Waals surface area contributed by atoms with Crippen LogP contribution in [0.1, 0.15) is 24.8 Å². The van der Waals surface area contributed by atoms with Gasteiger partial charge in [-0.3, -0.25) is 9.52 Å². The maximum Gasteiger partial charge on any atom is 0.306 e. The molecule has 1 fully saturated rings. The topological polar surface area (TPSA) is 88.6 Å². The van der Waals surface area contributed by atoms with Crippen molar-refractivity contribution in [2.75, 3.05) is 22.7 Å². The van der Waals surface area contributed by atoms with Gasteiger partial charge in [0.25, 0.3) is 10.0 Å². The number of halogens is 2. The third-order valence-electron chi connectivity index (χ3n) is 5.62. The molecule has 2 heterocycles. The van der Waals surface area contributed by atoms with Crippen molar-refractivity contribution in [3.63, 3.8) is 0 Å². The monoisotopic (exact) mass is 523 g/mol. The van der Waals surface area contributed by atoms with Crippen molar-refractivity contribution in [1.82, 2.24) is 4.98 Å². The molecule has 11 heteroatoms. The fourth-order valence-corrected chi connectivity index (χ4v) is 5.76. The summed E-state index contributed by atoms with van der Waals surface area (Å²) in [6.07, 6.45) is 3.51. The first-order valence-electron chi connectivity index (χ1n) is 10.7. The summed E-state index contributed by atoms with van der Waals surface area (Å²) in [6, 6.07) is 11.0. The Hall–Kier alpha value is -2.69. The molecule has 0 spiro atoms. The van der Waals surface area contributed by atoms with E-state index in [1.54, 1.807) is 35.7 Å². The lowest BCUT2D eigenvalue weighted by Gasteiger charge is -2.33. The number of carbonyl (C=O) groups is 1. The maximum absolute atomic E-state index is 13.2. The summed E-state index contributed by atoms with van der Waals surface area (Å²) >= 11 is 6.97. The van der Waals surface area contributed by atoms with Gasteiger partial charge < -0.3 is 9.64 Å². The van der Waals surface area contributed by atoms with Crippen molar-refractivity contribution in [3.8, 4) is 0 Å². The van der Waals surface area contributed by atoms with Gasteiger partial charge in [0, 0.05) is 36.8 Å². The number of piperidine rings is 1. The Balaban J connectivity index is 1.24. The molecule has 1 aromatic heterocycles. The van der Waals surface area contributed by atoms with E-state index in [1.807, 2.05) is 0 Å². The van der Waals surface area contributed by atoms with Crippen molar-refractivity contribution in [2.24, 2.45) is 5.92 Å². The van der Waals surface area contributed by atoms with Crippen LogP contribution in [0.5, 0.6) is 0 Å². The molecule has 3 aromatic rings. The number of esters is 1. The number of nitrogens with one attached hydrogen (secondary N) is 1. The van der Waals surface area contributed by atoms with E-state index in [9.17, 15) is 17.6 Å². The molecule has 0 bridgehead atoms. The molecule has 1 N–H and O–H groups in total. The van der Waals surface area contributed by atoms with Crippen LogP contribution < -0.4 is 9.62 Å². The average Bonchev–Trinajstić information content (AvgIpc) is 3.33. The molecule has 4 rings (SSSR count). The molecule has 1 aliphatic heterocycles. The van der Waals surface area contributed by atoms with Crippen LogP contribution in [-0.2, 0) is 26.2 Å². The zero-order valence-corrected chi connectivity index (χ0v) is 20.5. The molecule has 0 saturated carbocycles. The SMILES string of the molecule is O=C(CC1CCN(c2ccc(S(=O)(=O)Nc3nccs3)cc2)CC1)OCc1ccc(F)c(Cl)c1. The predicted octanol–water partition coefficient (Wildman–Crippen LogP) is 5.09. The third-order valence-corrected chi connectivity index (χ3v) is 8.08. The molecular formula is C23H23ClFN3O4S2. The summed E-state index contributed by atoms with van der Waals surface area (Å²) in [6.45, 7) is 1.58. The highest BCUT2D eigenvalue weighted by molar-refractivity contribution is 7.93. The van der Waals surface area contributed by atoms with Crippen LogP contribution in [0, 0.1) is 11.7 Å². The van der Waals surface area contributed by atoms with Gasteiger partial charge in [0.05, 0.1) is 9.92 Å². The first-order valence-corrected chi connectivity index (χ1v) is 13.4. The van der Waals surface area contributed by atoms with Crippen LogP contribution in [0.3, 0.4) is 0 Å². The zero-order chi connectivity index (χ0) is 24.1. The van der Waals surface area contributed by atoms with Crippen LogP contribution in [0.25, 0.3) is 0 Å². The number of aromatic nitrogens is 1. The molecule has 0 aliphatic carbocycles. The van der Waals surface area contributed by atoms with Gasteiger partial charge in [-0.15, -0.1) is 11.3 Å². The van der Waals surface area contributed by atoms with Gasteiger partial charge >= 0.3 is 5.97 Å². The summed E-state index contributed by atoms with van der Waals surface area (Å²) in [4.78, 5) is 18.5. The minimum absolute atomic E-state index is 0.00216. The van der Waals surface area contributed by atoms with Gasteiger partial charge in [-0.1, -0.05) is 17.7 Å². The second-order valence-corrected chi connectivity index (χ2v) is 11.0. The number of ether oxygens (including phenoxy) is 1. The molecule has 0 atom stereocenters. The third kappa shape index (κ3) is 6.25. The van der Waals surface area contributed by atoms with Gasteiger partial charge in [-0.05, 0) is 60.7 Å². The van der Waals surface area contributed by atoms with Crippen LogP contribution >= 0.6 is 22.9 Å². The van der Waals surface area contributed by atoms with E-state index in [0.717, 1.165) is 31.6 Å². The molecule has 2 aromatic carbocycles. The predicted molar refractivity (Wildman–Crippen MR) is 130 cm³/mol. The maximum atomic E-state index is 13.2. The molecule has 0 radical (unpaired) electrons. The van der Waals surface area contributed by atoms with Crippen molar-refractivity contribution in [2.45, 2.75) is 30.8 Å². The lowest BCUT2D eigenvalue weighted by Crippen LogP contribution is -2.34. The van der Waals surface area contributed by atoms with Crippen molar-refractivity contribution < 1.29 is 22.3 Å². The van der Waals surface area contributed by atoms with E-state index in [2.05, 4.69) is 14.6 Å². The lowest BCUT2D eigenvalue weighted by atomic mass is 9.93. The standard InChI is InChI=1S/C23H23ClFN3O4S2/c24-20-13-17(1-6-21(20)25)15-32-22(29)14-16-7-10-28(11-8-16)18-2-4-19(5-3-18)34(30,31)27-23-26-9-12-33-23/h1-6,9,12-13,16H,7-8,10-11,14-15H2,(H,26,27). The van der Waals surface area contributed by atoms with Gasteiger partial charge in [0.1, 0.15) is 12.4 Å². The van der Waals surface area contributed by atoms with E-state index < -0.39 is 15.8 Å². The van der Waals surface area contributed by atoms with Crippen molar-refractivity contribution >= 4 is 49.7 Å². The number of sulfonamides is 1. The number of carbonyl (C=O) groups excluding carboxylic acids is 1. The number of thiazole rings is 1. The van der Waals surface area contributed by atoms with E-state index in [0.29, 0.717) is 17.1 Å². The molecule has 1 saturated heterocycles. The normalized spacial score (nSPS) is 14.7. The Kier molecular flexibility index (Phi) is 7.70. The second-order valence-electron chi connectivity index (χ2n) is 7.98. The molecule has 34 heavy (non-hydrogen) atoms. The first kappa shape index (κ1) is 24.4. The van der Waals surface area contributed by atoms with Gasteiger partial charge in [-0.25, -0.2) is 17.8 Å². The van der Waals surface area contributed by atoms with Crippen molar-refractivity contribution in [3.05, 3.63) is 70.4 Å². The molecular weight excluding hydrogens is 501 g/mol. The Bertz CT molecular complexity index is 1230. The number of benzene rings is 2. The zero-order valence-electron chi connectivity index (χ0n) is 18.1. The molecule has 1 aliphatic rings. The number of rotatable bonds is 8. The van der Waals surface area contributed by atoms with Crippen LogP contribution in [0.15, 0.2) is 58.9 Å². The minimum atomic E-state index is -3.68. The minimum Gasteiger partial charge on any atom is -0.461 e. The van der Waals surface area contributed by atoms with E-state index in [1.165, 1.54) is 29.7 Å². The number of hydrogen-bond donors (Lipinski definition) is 1. The first-order chi connectivity index (χ1) is 16.3. The molecule has 7 nitrogen and oxygen atoms in total. The smallest absolute Gasteiger partial charge is 0.306 e. The largest absolute Gasteiger partial charge is 0.461 e. The molecule has 0 amide bonds. The van der Waals surface area contributed by atoms with Crippen LogP contribution in [0.4, 0.5) is 15.2 Å². The van der Waals surface area contributed by atoms with Gasteiger partial charge in [-0.2, -0.15) is 0 Å². The summed E-state index contributed by atoms with van der Waals surface area (Å²) in [7, 11) is -3.68. The Morgan fingerprint density at radius 2 is 1.94 bits per heavy atom. The average molecular weight is 524 g/mol. The quantitative estimate of drug-likeness (QED) is 0.414. The molecule has 180 valence electrons. The highest BCUT2D eigenvalue weighted by Crippen LogP contribution is 2.27. The Morgan fingerprint density at radius 3 is 2.59 bits per heavy atom. The van der Waals surface area contributed by atoms with E-state index in [4.69, 9.17) is 16.3 Å². The summed E-state index contributed by atoms with van der Waals surface area (Å²) in [5, 5.41) is 2.03. The fourth-order valence-electron chi connectivity index (χ4n) is 3.77. The van der Waals surface area contributed by atoms with E-state index >= 15 is 0 Å². The number of anilines is 2. The Morgan fingerprint density at radius 1 is 1.21 bits per heavy atom.